The van der Waals surface area contributed by atoms with Gasteiger partial charge in [0, 0.05) is 3.57 Å². The van der Waals surface area contributed by atoms with E-state index in [0.717, 1.165) is 42.1 Å². The summed E-state index contributed by atoms with van der Waals surface area (Å²) in [5, 5.41) is 0. The third-order valence-corrected chi connectivity index (χ3v) is 4.77. The van der Waals surface area contributed by atoms with Crippen molar-refractivity contribution in [1.82, 2.24) is 0 Å². The largest absolute Gasteiger partial charge is 0.459 e. The topological polar surface area (TPSA) is 52.6 Å². The molecule has 0 heterocycles. The van der Waals surface area contributed by atoms with Gasteiger partial charge in [-0.05, 0) is 66.5 Å². The minimum atomic E-state index is -0.452. The third kappa shape index (κ3) is 6.96. The first-order valence-electron chi connectivity index (χ1n) is 9.18. The second kappa shape index (κ2) is 11.5. The lowest BCUT2D eigenvalue weighted by atomic mass is 10.1. The van der Waals surface area contributed by atoms with Gasteiger partial charge in [0.15, 0.2) is 0 Å². The summed E-state index contributed by atoms with van der Waals surface area (Å²) in [6.07, 6.45) is 4.81. The number of halogens is 1. The number of hydrogen-bond donors (Lipinski definition) is 0. The Morgan fingerprint density at radius 2 is 1.36 bits per heavy atom. The van der Waals surface area contributed by atoms with Crippen LogP contribution in [0.1, 0.15) is 86.9 Å². The lowest BCUT2D eigenvalue weighted by Crippen LogP contribution is -2.22. The van der Waals surface area contributed by atoms with Crippen LogP contribution in [0.2, 0.25) is 0 Å². The molecule has 2 unspecified atom stereocenters. The van der Waals surface area contributed by atoms with E-state index in [1.54, 1.807) is 18.2 Å². The summed E-state index contributed by atoms with van der Waals surface area (Å²) < 4.78 is 12.1. The summed E-state index contributed by atoms with van der Waals surface area (Å²) in [5.74, 6) is -0.901. The van der Waals surface area contributed by atoms with Crippen molar-refractivity contribution < 1.29 is 19.1 Å². The molecule has 0 aliphatic carbocycles. The molecule has 0 aliphatic heterocycles. The number of carbonyl (C=O) groups is 2. The Bertz CT molecular complexity index is 571. The zero-order valence-corrected chi connectivity index (χ0v) is 17.8. The zero-order valence-electron chi connectivity index (χ0n) is 15.6. The lowest BCUT2D eigenvalue weighted by Gasteiger charge is -2.18. The Morgan fingerprint density at radius 3 is 1.80 bits per heavy atom. The van der Waals surface area contributed by atoms with E-state index in [1.807, 2.05) is 13.8 Å². The molecule has 0 bridgehead atoms. The highest BCUT2D eigenvalue weighted by Gasteiger charge is 2.23. The molecule has 5 heteroatoms. The van der Waals surface area contributed by atoms with Crippen LogP contribution in [0.4, 0.5) is 0 Å². The molecule has 1 aromatic rings. The van der Waals surface area contributed by atoms with Crippen molar-refractivity contribution in [2.45, 2.75) is 78.4 Å². The second-order valence-electron chi connectivity index (χ2n) is 6.14. The van der Waals surface area contributed by atoms with E-state index in [0.29, 0.717) is 0 Å². The van der Waals surface area contributed by atoms with Gasteiger partial charge in [0.05, 0.1) is 11.1 Å². The minimum Gasteiger partial charge on any atom is -0.459 e. The molecule has 0 aromatic heterocycles. The molecule has 0 saturated heterocycles. The molecule has 4 nitrogen and oxygen atoms in total. The first kappa shape index (κ1) is 21.9. The normalized spacial score (nSPS) is 13.2. The number of rotatable bonds is 10. The molecule has 140 valence electrons. The Morgan fingerprint density at radius 1 is 0.880 bits per heavy atom. The maximum Gasteiger partial charge on any atom is 0.339 e. The summed E-state index contributed by atoms with van der Waals surface area (Å²) in [7, 11) is 0. The van der Waals surface area contributed by atoms with Gasteiger partial charge in [0.25, 0.3) is 0 Å². The van der Waals surface area contributed by atoms with Crippen molar-refractivity contribution in [1.29, 1.82) is 0 Å². The van der Waals surface area contributed by atoms with Crippen LogP contribution >= 0.6 is 22.6 Å². The second-order valence-corrected chi connectivity index (χ2v) is 7.38. The van der Waals surface area contributed by atoms with Crippen molar-refractivity contribution >= 4 is 34.5 Å². The molecule has 1 aromatic carbocycles. The lowest BCUT2D eigenvalue weighted by molar-refractivity contribution is 0.0223. The average Bonchev–Trinajstić information content (AvgIpc) is 2.60. The van der Waals surface area contributed by atoms with Gasteiger partial charge >= 0.3 is 11.9 Å². The van der Waals surface area contributed by atoms with Gasteiger partial charge in [0.2, 0.25) is 0 Å². The van der Waals surface area contributed by atoms with E-state index in [9.17, 15) is 9.59 Å². The van der Waals surface area contributed by atoms with Crippen molar-refractivity contribution in [3.8, 4) is 0 Å². The van der Waals surface area contributed by atoms with Gasteiger partial charge in [0.1, 0.15) is 12.2 Å². The van der Waals surface area contributed by atoms with Crippen LogP contribution in [-0.4, -0.2) is 24.1 Å². The van der Waals surface area contributed by atoms with Gasteiger partial charge in [-0.25, -0.2) is 9.59 Å². The minimum absolute atomic E-state index is 0.121. The average molecular weight is 460 g/mol. The fourth-order valence-electron chi connectivity index (χ4n) is 2.63. The van der Waals surface area contributed by atoms with Gasteiger partial charge in [-0.2, -0.15) is 0 Å². The Hall–Kier alpha value is -1.11. The number of hydrogen-bond acceptors (Lipinski definition) is 4. The van der Waals surface area contributed by atoms with E-state index >= 15 is 0 Å². The monoisotopic (exact) mass is 460 g/mol. The molecule has 0 amide bonds. The predicted molar refractivity (Wildman–Crippen MR) is 108 cm³/mol. The van der Waals surface area contributed by atoms with Gasteiger partial charge < -0.3 is 9.47 Å². The molecular formula is C20H29IO4. The number of carbonyl (C=O) groups excluding carboxylic acids is 2. The van der Waals surface area contributed by atoms with Crippen LogP contribution in [0.3, 0.4) is 0 Å². The summed E-state index contributed by atoms with van der Waals surface area (Å²) in [5.41, 5.74) is 0.573. The van der Waals surface area contributed by atoms with E-state index < -0.39 is 11.9 Å². The summed E-state index contributed by atoms with van der Waals surface area (Å²) >= 11 is 2.12. The molecule has 0 aliphatic rings. The molecule has 25 heavy (non-hydrogen) atoms. The maximum atomic E-state index is 12.6. The van der Waals surface area contributed by atoms with Crippen LogP contribution < -0.4 is 0 Å². The molecule has 0 N–H and O–H groups in total. The van der Waals surface area contributed by atoms with Crippen LogP contribution in [0, 0.1) is 3.57 Å². The fourth-order valence-corrected chi connectivity index (χ4v) is 3.12. The standard InChI is InChI=1S/C20H29IO4/c1-5-9-15(7-3)24-19(22)17-12-11-14(21)13-18(17)20(23)25-16(8-4)10-6-2/h11-13,15-16H,5-10H2,1-4H3. The maximum absolute atomic E-state index is 12.6. The van der Waals surface area contributed by atoms with Crippen molar-refractivity contribution in [2.75, 3.05) is 0 Å². The fraction of sp³-hybridized carbons (Fsp3) is 0.600. The van der Waals surface area contributed by atoms with Gasteiger partial charge in [-0.1, -0.05) is 40.5 Å². The predicted octanol–water partition coefficient (Wildman–Crippen LogP) is 5.76. The molecular weight excluding hydrogens is 431 g/mol. The van der Waals surface area contributed by atoms with E-state index in [1.165, 1.54) is 0 Å². The highest BCUT2D eigenvalue weighted by molar-refractivity contribution is 14.1. The van der Waals surface area contributed by atoms with Crippen LogP contribution in [0.25, 0.3) is 0 Å². The molecule has 0 fully saturated rings. The number of ether oxygens (including phenoxy) is 2. The molecule has 1 rings (SSSR count). The van der Waals surface area contributed by atoms with Crippen LogP contribution in [-0.2, 0) is 9.47 Å². The molecule has 0 saturated carbocycles. The first-order chi connectivity index (χ1) is 12.0. The SMILES string of the molecule is CCCC(CC)OC(=O)c1ccc(I)cc1C(=O)OC(CC)CCC. The summed E-state index contributed by atoms with van der Waals surface area (Å²) in [6.45, 7) is 8.10. The molecule has 2 atom stereocenters. The number of esters is 2. The highest BCUT2D eigenvalue weighted by atomic mass is 127. The Kier molecular flexibility index (Phi) is 10.1. The summed E-state index contributed by atoms with van der Waals surface area (Å²) in [6, 6.07) is 5.15. The summed E-state index contributed by atoms with van der Waals surface area (Å²) in [4.78, 5) is 25.2. The van der Waals surface area contributed by atoms with E-state index in [2.05, 4.69) is 36.4 Å². The third-order valence-electron chi connectivity index (χ3n) is 4.10. The highest BCUT2D eigenvalue weighted by Crippen LogP contribution is 2.20. The van der Waals surface area contributed by atoms with Crippen molar-refractivity contribution in [3.63, 3.8) is 0 Å². The van der Waals surface area contributed by atoms with Crippen molar-refractivity contribution in [2.24, 2.45) is 0 Å². The van der Waals surface area contributed by atoms with Gasteiger partial charge in [-0.3, -0.25) is 0 Å². The van der Waals surface area contributed by atoms with E-state index in [4.69, 9.17) is 9.47 Å². The zero-order chi connectivity index (χ0) is 18.8. The Labute approximate surface area is 164 Å². The van der Waals surface area contributed by atoms with Crippen molar-refractivity contribution in [3.05, 3.63) is 32.9 Å². The van der Waals surface area contributed by atoms with E-state index in [-0.39, 0.29) is 23.3 Å². The smallest absolute Gasteiger partial charge is 0.339 e. The number of benzene rings is 1. The van der Waals surface area contributed by atoms with Gasteiger partial charge in [-0.15, -0.1) is 0 Å². The van der Waals surface area contributed by atoms with Crippen LogP contribution in [0.5, 0.6) is 0 Å². The first-order valence-corrected chi connectivity index (χ1v) is 10.3. The molecule has 0 radical (unpaired) electrons. The van der Waals surface area contributed by atoms with Crippen LogP contribution in [0.15, 0.2) is 18.2 Å². The molecule has 0 spiro atoms. The Balaban J connectivity index is 3.01. The quantitative estimate of drug-likeness (QED) is 0.329.